The van der Waals surface area contributed by atoms with Gasteiger partial charge in [0, 0.05) is 10.6 Å². The van der Waals surface area contributed by atoms with Crippen LogP contribution in [0.15, 0.2) is 53.4 Å². The summed E-state index contributed by atoms with van der Waals surface area (Å²) in [5, 5.41) is 2.63. The highest BCUT2D eigenvalue weighted by atomic mass is 32.2. The number of nitrogens with one attached hydrogen (secondary N) is 1. The van der Waals surface area contributed by atoms with Crippen LogP contribution in [0.3, 0.4) is 0 Å². The van der Waals surface area contributed by atoms with Crippen LogP contribution >= 0.6 is 11.8 Å². The highest BCUT2D eigenvalue weighted by Gasteiger charge is 2.25. The van der Waals surface area contributed by atoms with E-state index in [0.717, 1.165) is 16.1 Å². The number of carbonyl (C=O) groups excluding carboxylic acids is 2. The van der Waals surface area contributed by atoms with E-state index in [2.05, 4.69) is 5.32 Å². The van der Waals surface area contributed by atoms with E-state index >= 15 is 0 Å². The molecule has 106 valence electrons. The number of fused-ring (bicyclic) bond motifs is 1. The van der Waals surface area contributed by atoms with E-state index in [-0.39, 0.29) is 5.91 Å². The van der Waals surface area contributed by atoms with Gasteiger partial charge in [0.05, 0.1) is 18.0 Å². The third-order valence-electron chi connectivity index (χ3n) is 3.31. The van der Waals surface area contributed by atoms with Crippen LogP contribution in [0.1, 0.15) is 5.56 Å². The van der Waals surface area contributed by atoms with Crippen LogP contribution in [0.5, 0.6) is 0 Å². The first-order valence-corrected chi connectivity index (χ1v) is 7.58. The summed E-state index contributed by atoms with van der Waals surface area (Å²) in [6, 6.07) is 15.5. The molecule has 0 unspecified atom stereocenters. The molecular formula is C16H14N2O2S. The Morgan fingerprint density at radius 3 is 2.76 bits per heavy atom. The first-order valence-electron chi connectivity index (χ1n) is 6.59. The fourth-order valence-electron chi connectivity index (χ4n) is 2.30. The van der Waals surface area contributed by atoms with Crippen LogP contribution in [0.4, 0.5) is 11.4 Å². The minimum atomic E-state index is 0.0830. The van der Waals surface area contributed by atoms with Crippen molar-refractivity contribution >= 4 is 35.5 Å². The molecule has 0 aromatic heterocycles. The van der Waals surface area contributed by atoms with Crippen molar-refractivity contribution in [3.63, 3.8) is 0 Å². The Labute approximate surface area is 127 Å². The van der Waals surface area contributed by atoms with Gasteiger partial charge in [-0.1, -0.05) is 30.3 Å². The van der Waals surface area contributed by atoms with E-state index in [1.807, 2.05) is 48.5 Å². The van der Waals surface area contributed by atoms with Crippen molar-refractivity contribution in [3.05, 3.63) is 54.1 Å². The first-order chi connectivity index (χ1) is 10.3. The number of hydrogen-bond donors (Lipinski definition) is 1. The van der Waals surface area contributed by atoms with E-state index < -0.39 is 0 Å². The Kier molecular flexibility index (Phi) is 3.92. The van der Waals surface area contributed by atoms with Gasteiger partial charge in [-0.05, 0) is 23.8 Å². The molecule has 2 aromatic carbocycles. The fraction of sp³-hybridized carbons (Fsp3) is 0.125. The third kappa shape index (κ3) is 2.92. The molecule has 0 saturated heterocycles. The number of rotatable bonds is 4. The van der Waals surface area contributed by atoms with Gasteiger partial charge in [0.2, 0.25) is 12.3 Å². The molecule has 0 saturated carbocycles. The molecule has 5 heteroatoms. The largest absolute Gasteiger partial charge is 0.329 e. The number of amides is 2. The summed E-state index contributed by atoms with van der Waals surface area (Å²) in [5.74, 6) is 0.528. The van der Waals surface area contributed by atoms with Gasteiger partial charge in [0.1, 0.15) is 0 Å². The van der Waals surface area contributed by atoms with Gasteiger partial charge in [-0.3, -0.25) is 9.59 Å². The second-order valence-electron chi connectivity index (χ2n) is 4.70. The molecule has 0 spiro atoms. The summed E-state index contributed by atoms with van der Waals surface area (Å²) < 4.78 is 0. The van der Waals surface area contributed by atoms with E-state index in [9.17, 15) is 9.59 Å². The molecule has 0 atom stereocenters. The quantitative estimate of drug-likeness (QED) is 0.883. The Balaban J connectivity index is 1.95. The van der Waals surface area contributed by atoms with Crippen molar-refractivity contribution in [3.8, 4) is 0 Å². The second kappa shape index (κ2) is 6.01. The van der Waals surface area contributed by atoms with Crippen molar-refractivity contribution in [2.45, 2.75) is 11.4 Å². The number of carbonyl (C=O) groups is 2. The lowest BCUT2D eigenvalue weighted by Gasteiger charge is -2.29. The first kappa shape index (κ1) is 13.7. The van der Waals surface area contributed by atoms with Gasteiger partial charge in [-0.15, -0.1) is 11.8 Å². The van der Waals surface area contributed by atoms with Crippen molar-refractivity contribution in [2.75, 3.05) is 16.0 Å². The number of nitrogens with zero attached hydrogens (tertiary/aromatic N) is 1. The van der Waals surface area contributed by atoms with Crippen LogP contribution in [0.2, 0.25) is 0 Å². The van der Waals surface area contributed by atoms with E-state index in [1.54, 1.807) is 4.90 Å². The number of hydrogen-bond acceptors (Lipinski definition) is 3. The summed E-state index contributed by atoms with van der Waals surface area (Å²) in [6.45, 7) is 0.539. The summed E-state index contributed by atoms with van der Waals surface area (Å²) >= 11 is 1.53. The molecule has 3 rings (SSSR count). The normalized spacial score (nSPS) is 13.7. The zero-order chi connectivity index (χ0) is 14.7. The number of thioether (sulfide) groups is 1. The molecule has 2 amide bonds. The smallest absolute Gasteiger partial charge is 0.237 e. The maximum atomic E-state index is 12.2. The molecule has 4 nitrogen and oxygen atoms in total. The zero-order valence-corrected chi connectivity index (χ0v) is 12.1. The predicted octanol–water partition coefficient (Wildman–Crippen LogP) is 2.89. The lowest BCUT2D eigenvalue weighted by molar-refractivity contribution is -0.116. The Hall–Kier alpha value is -2.27. The Morgan fingerprint density at radius 1 is 1.19 bits per heavy atom. The molecule has 0 fully saturated rings. The van der Waals surface area contributed by atoms with Crippen LogP contribution in [0, 0.1) is 0 Å². The van der Waals surface area contributed by atoms with Gasteiger partial charge in [-0.25, -0.2) is 0 Å². The summed E-state index contributed by atoms with van der Waals surface area (Å²) in [7, 11) is 0. The Morgan fingerprint density at radius 2 is 2.00 bits per heavy atom. The van der Waals surface area contributed by atoms with E-state index in [0.29, 0.717) is 24.4 Å². The zero-order valence-electron chi connectivity index (χ0n) is 11.3. The maximum absolute atomic E-state index is 12.2. The molecule has 0 radical (unpaired) electrons. The van der Waals surface area contributed by atoms with Crippen LogP contribution in [0.25, 0.3) is 0 Å². The summed E-state index contributed by atoms with van der Waals surface area (Å²) in [4.78, 5) is 25.7. The van der Waals surface area contributed by atoms with Crippen molar-refractivity contribution < 1.29 is 9.59 Å². The lowest BCUT2D eigenvalue weighted by atomic mass is 10.2. The van der Waals surface area contributed by atoms with E-state index in [4.69, 9.17) is 0 Å². The number of anilines is 2. The maximum Gasteiger partial charge on any atom is 0.237 e. The molecule has 2 aromatic rings. The highest BCUT2D eigenvalue weighted by molar-refractivity contribution is 8.00. The summed E-state index contributed by atoms with van der Waals surface area (Å²) in [6.07, 6.45) is 0.640. The molecule has 0 bridgehead atoms. The molecule has 21 heavy (non-hydrogen) atoms. The molecule has 1 aliphatic rings. The molecular weight excluding hydrogens is 284 g/mol. The minimum Gasteiger partial charge on any atom is -0.329 e. The third-order valence-corrected chi connectivity index (χ3v) is 4.36. The SMILES string of the molecule is O=CNc1ccc2c(c1)N(Cc1ccccc1)C(=O)CS2. The number of benzene rings is 2. The van der Waals surface area contributed by atoms with Crippen LogP contribution in [-0.2, 0) is 16.1 Å². The fourth-order valence-corrected chi connectivity index (χ4v) is 3.22. The molecule has 1 aliphatic heterocycles. The average Bonchev–Trinajstić information content (AvgIpc) is 2.52. The van der Waals surface area contributed by atoms with Crippen LogP contribution in [-0.4, -0.2) is 18.1 Å². The van der Waals surface area contributed by atoms with Gasteiger partial charge in [0.15, 0.2) is 0 Å². The topological polar surface area (TPSA) is 49.4 Å². The Bertz CT molecular complexity index is 673. The van der Waals surface area contributed by atoms with Crippen molar-refractivity contribution in [1.82, 2.24) is 0 Å². The van der Waals surface area contributed by atoms with Crippen LogP contribution < -0.4 is 10.2 Å². The molecule has 1 N–H and O–H groups in total. The standard InChI is InChI=1S/C16H14N2O2S/c19-11-17-13-6-7-15-14(8-13)18(16(20)10-21-15)9-12-4-2-1-3-5-12/h1-8,11H,9-10H2,(H,17,19). The van der Waals surface area contributed by atoms with Gasteiger partial charge in [0.25, 0.3) is 0 Å². The highest BCUT2D eigenvalue weighted by Crippen LogP contribution is 2.37. The van der Waals surface area contributed by atoms with Gasteiger partial charge in [-0.2, -0.15) is 0 Å². The van der Waals surface area contributed by atoms with Crippen molar-refractivity contribution in [1.29, 1.82) is 0 Å². The second-order valence-corrected chi connectivity index (χ2v) is 5.72. The molecule has 1 heterocycles. The minimum absolute atomic E-state index is 0.0830. The van der Waals surface area contributed by atoms with Gasteiger partial charge >= 0.3 is 0 Å². The summed E-state index contributed by atoms with van der Waals surface area (Å²) in [5.41, 5.74) is 2.63. The molecule has 0 aliphatic carbocycles. The predicted molar refractivity (Wildman–Crippen MR) is 84.5 cm³/mol. The van der Waals surface area contributed by atoms with E-state index in [1.165, 1.54) is 11.8 Å². The van der Waals surface area contributed by atoms with Crippen molar-refractivity contribution in [2.24, 2.45) is 0 Å². The van der Waals surface area contributed by atoms with Gasteiger partial charge < -0.3 is 10.2 Å². The monoisotopic (exact) mass is 298 g/mol. The lowest BCUT2D eigenvalue weighted by Crippen LogP contribution is -2.34. The average molecular weight is 298 g/mol.